The Kier molecular flexibility index (Phi) is 4.02. The maximum Gasteiger partial charge on any atom is 0.245 e. The van der Waals surface area contributed by atoms with E-state index in [0.717, 1.165) is 17.8 Å². The van der Waals surface area contributed by atoms with Crippen molar-refractivity contribution < 1.29 is 13.5 Å². The molecule has 0 bridgehead atoms. The van der Waals surface area contributed by atoms with E-state index in [2.05, 4.69) is 0 Å². The summed E-state index contributed by atoms with van der Waals surface area (Å²) in [5.74, 6) is 0. The third kappa shape index (κ3) is 2.47. The highest BCUT2D eigenvalue weighted by molar-refractivity contribution is 7.89. The Bertz CT molecular complexity index is 514. The molecule has 1 fully saturated rings. The van der Waals surface area contributed by atoms with Gasteiger partial charge < -0.3 is 5.11 Å². The SMILES string of the molecule is O=S(=O)(c1cc(Cl)sc1Cl)N1CCCC1CO. The lowest BCUT2D eigenvalue weighted by Crippen LogP contribution is -2.37. The predicted molar refractivity (Wildman–Crippen MR) is 68.3 cm³/mol. The van der Waals surface area contributed by atoms with Crippen molar-refractivity contribution >= 4 is 44.6 Å². The van der Waals surface area contributed by atoms with Crippen molar-refractivity contribution in [2.75, 3.05) is 13.2 Å². The lowest BCUT2D eigenvalue weighted by molar-refractivity contribution is 0.213. The molecule has 1 unspecified atom stereocenters. The van der Waals surface area contributed by atoms with Crippen molar-refractivity contribution in [3.05, 3.63) is 14.7 Å². The number of halogens is 2. The Morgan fingerprint density at radius 3 is 2.76 bits per heavy atom. The minimum atomic E-state index is -3.64. The van der Waals surface area contributed by atoms with Crippen LogP contribution in [0, 0.1) is 0 Å². The molecular weight excluding hydrogens is 305 g/mol. The maximum absolute atomic E-state index is 12.3. The second kappa shape index (κ2) is 5.03. The zero-order valence-corrected chi connectivity index (χ0v) is 11.9. The molecule has 8 heteroatoms. The van der Waals surface area contributed by atoms with E-state index in [0.29, 0.717) is 17.3 Å². The number of sulfonamides is 1. The highest BCUT2D eigenvalue weighted by atomic mass is 35.5. The molecule has 0 aromatic carbocycles. The predicted octanol–water partition coefficient (Wildman–Crippen LogP) is 2.20. The number of aliphatic hydroxyl groups is 1. The van der Waals surface area contributed by atoms with Gasteiger partial charge in [-0.3, -0.25) is 0 Å². The second-order valence-corrected chi connectivity index (χ2v) is 7.93. The van der Waals surface area contributed by atoms with Gasteiger partial charge in [0, 0.05) is 12.6 Å². The zero-order chi connectivity index (χ0) is 12.6. The van der Waals surface area contributed by atoms with Crippen LogP contribution in [0.1, 0.15) is 12.8 Å². The molecule has 96 valence electrons. The summed E-state index contributed by atoms with van der Waals surface area (Å²) >= 11 is 12.6. The maximum atomic E-state index is 12.3. The summed E-state index contributed by atoms with van der Waals surface area (Å²) in [4.78, 5) is 0.0366. The number of thiophene rings is 1. The minimum absolute atomic E-state index is 0.0366. The topological polar surface area (TPSA) is 57.6 Å². The van der Waals surface area contributed by atoms with Crippen LogP contribution in [-0.2, 0) is 10.0 Å². The molecule has 1 aliphatic rings. The third-order valence-corrected chi connectivity index (χ3v) is 6.45. The van der Waals surface area contributed by atoms with Gasteiger partial charge in [0.1, 0.15) is 9.23 Å². The van der Waals surface area contributed by atoms with Crippen LogP contribution >= 0.6 is 34.5 Å². The minimum Gasteiger partial charge on any atom is -0.395 e. The Labute approximate surface area is 114 Å². The fourth-order valence-electron chi connectivity index (χ4n) is 1.94. The van der Waals surface area contributed by atoms with Gasteiger partial charge in [0.2, 0.25) is 10.0 Å². The van der Waals surface area contributed by atoms with Crippen LogP contribution in [0.4, 0.5) is 0 Å². The quantitative estimate of drug-likeness (QED) is 0.930. The van der Waals surface area contributed by atoms with Gasteiger partial charge in [0.05, 0.1) is 10.9 Å². The number of aliphatic hydroxyl groups excluding tert-OH is 1. The van der Waals surface area contributed by atoms with Crippen molar-refractivity contribution in [3.8, 4) is 0 Å². The first-order valence-electron chi connectivity index (χ1n) is 5.04. The first-order chi connectivity index (χ1) is 7.96. The molecule has 17 heavy (non-hydrogen) atoms. The van der Waals surface area contributed by atoms with E-state index < -0.39 is 10.0 Å². The molecule has 0 amide bonds. The van der Waals surface area contributed by atoms with E-state index in [-0.39, 0.29) is 21.9 Å². The monoisotopic (exact) mass is 315 g/mol. The average molecular weight is 316 g/mol. The van der Waals surface area contributed by atoms with Crippen LogP contribution in [-0.4, -0.2) is 37.0 Å². The van der Waals surface area contributed by atoms with Crippen molar-refractivity contribution in [2.24, 2.45) is 0 Å². The number of nitrogens with zero attached hydrogens (tertiary/aromatic N) is 1. The van der Waals surface area contributed by atoms with Gasteiger partial charge in [-0.25, -0.2) is 8.42 Å². The van der Waals surface area contributed by atoms with E-state index in [4.69, 9.17) is 28.3 Å². The summed E-state index contributed by atoms with van der Waals surface area (Å²) in [6.45, 7) is 0.242. The van der Waals surface area contributed by atoms with Crippen LogP contribution in [0.25, 0.3) is 0 Å². The van der Waals surface area contributed by atoms with Crippen LogP contribution in [0.15, 0.2) is 11.0 Å². The molecule has 0 saturated carbocycles. The van der Waals surface area contributed by atoms with Gasteiger partial charge >= 0.3 is 0 Å². The Hall–Kier alpha value is 0.150. The number of hydrogen-bond donors (Lipinski definition) is 1. The van der Waals surface area contributed by atoms with E-state index in [1.165, 1.54) is 10.4 Å². The van der Waals surface area contributed by atoms with E-state index in [1.807, 2.05) is 0 Å². The normalized spacial score (nSPS) is 22.2. The summed E-state index contributed by atoms with van der Waals surface area (Å²) in [5.41, 5.74) is 0. The van der Waals surface area contributed by atoms with Gasteiger partial charge in [-0.2, -0.15) is 4.31 Å². The van der Waals surface area contributed by atoms with Crippen molar-refractivity contribution in [2.45, 2.75) is 23.8 Å². The molecule has 0 radical (unpaired) electrons. The first kappa shape index (κ1) is 13.6. The van der Waals surface area contributed by atoms with Crippen LogP contribution in [0.5, 0.6) is 0 Å². The molecule has 1 N–H and O–H groups in total. The molecular formula is C9H11Cl2NO3S2. The lowest BCUT2D eigenvalue weighted by atomic mass is 10.2. The smallest absolute Gasteiger partial charge is 0.245 e. The molecule has 1 saturated heterocycles. The Balaban J connectivity index is 2.39. The summed E-state index contributed by atoms with van der Waals surface area (Å²) in [7, 11) is -3.64. The molecule has 1 atom stereocenters. The summed E-state index contributed by atoms with van der Waals surface area (Å²) in [6.07, 6.45) is 1.42. The van der Waals surface area contributed by atoms with E-state index in [1.54, 1.807) is 0 Å². The molecule has 1 aromatic rings. The molecule has 1 aromatic heterocycles. The molecule has 1 aliphatic heterocycles. The van der Waals surface area contributed by atoms with Crippen LogP contribution < -0.4 is 0 Å². The average Bonchev–Trinajstić information content (AvgIpc) is 2.84. The largest absolute Gasteiger partial charge is 0.395 e. The standard InChI is InChI=1S/C9H11Cl2NO3S2/c10-8-4-7(9(11)16-8)17(14,15)12-3-1-2-6(12)5-13/h4,6,13H,1-3,5H2. The lowest BCUT2D eigenvalue weighted by Gasteiger charge is -2.21. The summed E-state index contributed by atoms with van der Waals surface area (Å²) in [5, 5.41) is 9.16. The first-order valence-corrected chi connectivity index (χ1v) is 8.05. The van der Waals surface area contributed by atoms with Gasteiger partial charge in [0.25, 0.3) is 0 Å². The highest BCUT2D eigenvalue weighted by Crippen LogP contribution is 2.37. The van der Waals surface area contributed by atoms with Crippen molar-refractivity contribution in [3.63, 3.8) is 0 Å². The van der Waals surface area contributed by atoms with Crippen molar-refractivity contribution in [1.82, 2.24) is 4.31 Å². The van der Waals surface area contributed by atoms with E-state index >= 15 is 0 Å². The van der Waals surface area contributed by atoms with Crippen LogP contribution in [0.2, 0.25) is 8.67 Å². The highest BCUT2D eigenvalue weighted by Gasteiger charge is 2.36. The molecule has 2 rings (SSSR count). The molecule has 2 heterocycles. The van der Waals surface area contributed by atoms with Crippen LogP contribution in [0.3, 0.4) is 0 Å². The molecule has 0 aliphatic carbocycles. The fraction of sp³-hybridized carbons (Fsp3) is 0.556. The summed E-state index contributed by atoms with van der Waals surface area (Å²) < 4.78 is 26.4. The van der Waals surface area contributed by atoms with Crippen molar-refractivity contribution in [1.29, 1.82) is 0 Å². The number of rotatable bonds is 3. The third-order valence-electron chi connectivity index (χ3n) is 2.75. The molecule has 4 nitrogen and oxygen atoms in total. The zero-order valence-electron chi connectivity index (χ0n) is 8.77. The number of hydrogen-bond acceptors (Lipinski definition) is 4. The Morgan fingerprint density at radius 2 is 2.24 bits per heavy atom. The fourth-order valence-corrected chi connectivity index (χ4v) is 5.73. The van der Waals surface area contributed by atoms with Gasteiger partial charge in [-0.15, -0.1) is 11.3 Å². The van der Waals surface area contributed by atoms with Gasteiger partial charge in [0.15, 0.2) is 0 Å². The van der Waals surface area contributed by atoms with Gasteiger partial charge in [-0.1, -0.05) is 23.2 Å². The second-order valence-electron chi connectivity index (χ2n) is 3.78. The Morgan fingerprint density at radius 1 is 1.53 bits per heavy atom. The van der Waals surface area contributed by atoms with Gasteiger partial charge in [-0.05, 0) is 18.9 Å². The van der Waals surface area contributed by atoms with E-state index in [9.17, 15) is 8.42 Å². The molecule has 0 spiro atoms. The summed E-state index contributed by atoms with van der Waals surface area (Å²) in [6, 6.07) is 1.01.